The third-order valence-electron chi connectivity index (χ3n) is 2.86. The van der Waals surface area contributed by atoms with Crippen molar-refractivity contribution in [3.63, 3.8) is 0 Å². The van der Waals surface area contributed by atoms with E-state index >= 15 is 0 Å². The molecule has 0 spiro atoms. The lowest BCUT2D eigenvalue weighted by Crippen LogP contribution is -2.21. The van der Waals surface area contributed by atoms with E-state index in [-0.39, 0.29) is 17.3 Å². The molecule has 2 rings (SSSR count). The summed E-state index contributed by atoms with van der Waals surface area (Å²) in [5.41, 5.74) is 11.3. The Morgan fingerprint density at radius 1 is 1.17 bits per heavy atom. The van der Waals surface area contributed by atoms with Crippen LogP contribution >= 0.6 is 11.6 Å². The average molecular weight is 347 g/mol. The van der Waals surface area contributed by atoms with Crippen LogP contribution in [0, 0.1) is 0 Å². The number of nitrogens with two attached hydrogens (primary N) is 2. The van der Waals surface area contributed by atoms with Crippen molar-refractivity contribution in [1.29, 1.82) is 0 Å². The number of methoxy groups -OCH3 is 1. The first-order chi connectivity index (χ1) is 11.5. The van der Waals surface area contributed by atoms with Crippen LogP contribution in [0.2, 0.25) is 5.02 Å². The SMILES string of the molecule is COc1cc(/C=N/N=C(N)N)ccc1OC(=O)c1ccccc1Cl. The molecule has 24 heavy (non-hydrogen) atoms. The van der Waals surface area contributed by atoms with Gasteiger partial charge in [-0.1, -0.05) is 23.7 Å². The number of carbonyl (C=O) groups excluding carboxylic acids is 1. The molecule has 2 aromatic carbocycles. The van der Waals surface area contributed by atoms with E-state index in [2.05, 4.69) is 10.2 Å². The summed E-state index contributed by atoms with van der Waals surface area (Å²) >= 11 is 5.98. The number of rotatable bonds is 5. The van der Waals surface area contributed by atoms with Gasteiger partial charge in [0.25, 0.3) is 0 Å². The monoisotopic (exact) mass is 346 g/mol. The maximum atomic E-state index is 12.2. The number of nitrogens with zero attached hydrogens (tertiary/aromatic N) is 2. The fourth-order valence-corrected chi connectivity index (χ4v) is 2.01. The van der Waals surface area contributed by atoms with Gasteiger partial charge < -0.3 is 20.9 Å². The lowest BCUT2D eigenvalue weighted by Gasteiger charge is -2.10. The Kier molecular flexibility index (Phi) is 5.75. The predicted octanol–water partition coefficient (Wildman–Crippen LogP) is 2.18. The van der Waals surface area contributed by atoms with E-state index in [4.69, 9.17) is 32.5 Å². The number of guanidine groups is 1. The molecule has 0 atom stereocenters. The fourth-order valence-electron chi connectivity index (χ4n) is 1.79. The number of hydrogen-bond donors (Lipinski definition) is 2. The molecule has 0 amide bonds. The van der Waals surface area contributed by atoms with Crippen LogP contribution in [0.3, 0.4) is 0 Å². The largest absolute Gasteiger partial charge is 0.493 e. The van der Waals surface area contributed by atoms with E-state index in [0.717, 1.165) is 0 Å². The second-order valence-corrected chi connectivity index (χ2v) is 4.96. The van der Waals surface area contributed by atoms with E-state index in [0.29, 0.717) is 16.3 Å². The molecule has 0 aliphatic heterocycles. The van der Waals surface area contributed by atoms with E-state index < -0.39 is 5.97 Å². The average Bonchev–Trinajstić information content (AvgIpc) is 2.56. The zero-order valence-electron chi connectivity index (χ0n) is 12.8. The molecule has 4 N–H and O–H groups in total. The lowest BCUT2D eigenvalue weighted by molar-refractivity contribution is 0.0730. The van der Waals surface area contributed by atoms with Crippen LogP contribution in [0.25, 0.3) is 0 Å². The maximum Gasteiger partial charge on any atom is 0.345 e. The molecule has 2 aromatic rings. The number of carbonyl (C=O) groups is 1. The summed E-state index contributed by atoms with van der Waals surface area (Å²) in [6, 6.07) is 11.5. The minimum absolute atomic E-state index is 0.150. The fraction of sp³-hybridized carbons (Fsp3) is 0.0625. The van der Waals surface area contributed by atoms with Crippen molar-refractivity contribution in [3.05, 3.63) is 58.6 Å². The molecule has 0 aliphatic carbocycles. The Morgan fingerprint density at radius 2 is 1.92 bits per heavy atom. The summed E-state index contributed by atoms with van der Waals surface area (Å²) in [5.74, 6) is -0.130. The van der Waals surface area contributed by atoms with E-state index in [9.17, 15) is 4.79 Å². The molecular weight excluding hydrogens is 332 g/mol. The van der Waals surface area contributed by atoms with Crippen molar-refractivity contribution in [2.45, 2.75) is 0 Å². The van der Waals surface area contributed by atoms with Gasteiger partial charge in [0.05, 0.1) is 23.9 Å². The van der Waals surface area contributed by atoms with Crippen LogP contribution in [0.4, 0.5) is 0 Å². The molecule has 0 fully saturated rings. The summed E-state index contributed by atoms with van der Waals surface area (Å²) in [7, 11) is 1.46. The van der Waals surface area contributed by atoms with Gasteiger partial charge in [-0.3, -0.25) is 0 Å². The van der Waals surface area contributed by atoms with Crippen LogP contribution in [-0.2, 0) is 0 Å². The zero-order valence-corrected chi connectivity index (χ0v) is 13.5. The first-order valence-electron chi connectivity index (χ1n) is 6.78. The summed E-state index contributed by atoms with van der Waals surface area (Å²) in [4.78, 5) is 12.2. The number of esters is 1. The summed E-state index contributed by atoms with van der Waals surface area (Å²) in [5, 5.41) is 7.50. The maximum absolute atomic E-state index is 12.2. The highest BCUT2D eigenvalue weighted by molar-refractivity contribution is 6.33. The molecule has 0 heterocycles. The Bertz CT molecular complexity index is 802. The third-order valence-corrected chi connectivity index (χ3v) is 3.19. The minimum atomic E-state index is -0.583. The summed E-state index contributed by atoms with van der Waals surface area (Å²) in [6.45, 7) is 0. The zero-order chi connectivity index (χ0) is 17.5. The van der Waals surface area contributed by atoms with E-state index in [1.807, 2.05) is 0 Å². The van der Waals surface area contributed by atoms with Gasteiger partial charge >= 0.3 is 5.97 Å². The molecule has 8 heteroatoms. The first-order valence-corrected chi connectivity index (χ1v) is 7.15. The molecule has 0 bridgehead atoms. The number of benzene rings is 2. The normalized spacial score (nSPS) is 10.4. The molecule has 0 saturated carbocycles. The van der Waals surface area contributed by atoms with Crippen molar-refractivity contribution in [2.75, 3.05) is 7.11 Å². The Balaban J connectivity index is 2.22. The Hall–Kier alpha value is -3.06. The quantitative estimate of drug-likeness (QED) is 0.283. The van der Waals surface area contributed by atoms with Crippen LogP contribution in [-0.4, -0.2) is 25.3 Å². The summed E-state index contributed by atoms with van der Waals surface area (Å²) < 4.78 is 10.6. The molecular formula is C16H15ClN4O3. The molecule has 0 aromatic heterocycles. The van der Waals surface area contributed by atoms with Crippen LogP contribution in [0.15, 0.2) is 52.7 Å². The second kappa shape index (κ2) is 7.98. The number of hydrogen-bond acceptors (Lipinski definition) is 5. The minimum Gasteiger partial charge on any atom is -0.493 e. The molecule has 0 aliphatic rings. The smallest absolute Gasteiger partial charge is 0.345 e. The summed E-state index contributed by atoms with van der Waals surface area (Å²) in [6.07, 6.45) is 1.43. The van der Waals surface area contributed by atoms with Crippen molar-refractivity contribution in [3.8, 4) is 11.5 Å². The highest BCUT2D eigenvalue weighted by Gasteiger charge is 2.15. The van der Waals surface area contributed by atoms with Gasteiger partial charge in [-0.2, -0.15) is 5.10 Å². The highest BCUT2D eigenvalue weighted by Crippen LogP contribution is 2.29. The molecule has 124 valence electrons. The van der Waals surface area contributed by atoms with E-state index in [1.165, 1.54) is 13.3 Å². The second-order valence-electron chi connectivity index (χ2n) is 4.55. The van der Waals surface area contributed by atoms with Gasteiger partial charge in [0, 0.05) is 0 Å². The van der Waals surface area contributed by atoms with Crippen LogP contribution < -0.4 is 20.9 Å². The van der Waals surface area contributed by atoms with Gasteiger partial charge in [0.15, 0.2) is 11.5 Å². The molecule has 7 nitrogen and oxygen atoms in total. The van der Waals surface area contributed by atoms with Crippen molar-refractivity contribution in [2.24, 2.45) is 21.7 Å². The highest BCUT2D eigenvalue weighted by atomic mass is 35.5. The standard InChI is InChI=1S/C16H15ClN4O3/c1-23-14-8-10(9-20-21-16(18)19)6-7-13(14)24-15(22)11-4-2-3-5-12(11)17/h2-9H,1H3,(H4,18,19,21)/b20-9+. The van der Waals surface area contributed by atoms with Gasteiger partial charge in [0.1, 0.15) is 0 Å². The van der Waals surface area contributed by atoms with Gasteiger partial charge in [0.2, 0.25) is 5.96 Å². The van der Waals surface area contributed by atoms with E-state index in [1.54, 1.807) is 42.5 Å². The number of ether oxygens (including phenoxy) is 2. The lowest BCUT2D eigenvalue weighted by atomic mass is 10.2. The topological polar surface area (TPSA) is 112 Å². The van der Waals surface area contributed by atoms with Gasteiger partial charge in [-0.25, -0.2) is 4.79 Å². The van der Waals surface area contributed by atoms with Crippen LogP contribution in [0.1, 0.15) is 15.9 Å². The Morgan fingerprint density at radius 3 is 2.58 bits per heavy atom. The molecule has 0 radical (unpaired) electrons. The predicted molar refractivity (Wildman–Crippen MR) is 92.8 cm³/mol. The number of halogens is 1. The molecule has 0 saturated heterocycles. The van der Waals surface area contributed by atoms with Crippen LogP contribution in [0.5, 0.6) is 11.5 Å². The van der Waals surface area contributed by atoms with Crippen molar-refractivity contribution < 1.29 is 14.3 Å². The first kappa shape index (κ1) is 17.3. The van der Waals surface area contributed by atoms with Crippen molar-refractivity contribution in [1.82, 2.24) is 0 Å². The van der Waals surface area contributed by atoms with Gasteiger partial charge in [-0.05, 0) is 35.9 Å². The van der Waals surface area contributed by atoms with Crippen molar-refractivity contribution >= 4 is 29.7 Å². The van der Waals surface area contributed by atoms with Gasteiger partial charge in [-0.15, -0.1) is 5.10 Å². The third kappa shape index (κ3) is 4.47. The Labute approximate surface area is 143 Å². The molecule has 0 unspecified atom stereocenters.